The van der Waals surface area contributed by atoms with Crippen LogP contribution in [0.25, 0.3) is 0 Å². The average molecular weight is 309 g/mol. The van der Waals surface area contributed by atoms with E-state index in [1.165, 1.54) is 12.1 Å². The van der Waals surface area contributed by atoms with Gasteiger partial charge in [-0.2, -0.15) is 4.98 Å². The normalized spacial score (nSPS) is 14.4. The average Bonchev–Trinajstić information content (AvgIpc) is 2.85. The Labute approximate surface area is 128 Å². The molecule has 2 unspecified atom stereocenters. The molecule has 2 aromatic rings. The fourth-order valence-corrected chi connectivity index (χ4v) is 3.00. The minimum absolute atomic E-state index is 0.0388. The van der Waals surface area contributed by atoms with E-state index >= 15 is 0 Å². The van der Waals surface area contributed by atoms with Gasteiger partial charge in [-0.3, -0.25) is 0 Å². The first-order valence-electron chi connectivity index (χ1n) is 6.93. The minimum Gasteiger partial charge on any atom is -0.339 e. The van der Waals surface area contributed by atoms with Crippen molar-refractivity contribution in [1.29, 1.82) is 0 Å². The van der Waals surface area contributed by atoms with Gasteiger partial charge in [0, 0.05) is 10.9 Å². The van der Waals surface area contributed by atoms with Crippen LogP contribution >= 0.6 is 11.8 Å². The number of thioether (sulfide) groups is 1. The van der Waals surface area contributed by atoms with E-state index in [-0.39, 0.29) is 17.8 Å². The molecule has 0 spiro atoms. The highest BCUT2D eigenvalue weighted by Gasteiger charge is 2.26. The molecular weight excluding hydrogens is 289 g/mol. The maximum absolute atomic E-state index is 12.8. The molecule has 2 N–H and O–H groups in total. The summed E-state index contributed by atoms with van der Waals surface area (Å²) in [6, 6.07) is 6.31. The molecule has 0 saturated heterocycles. The Balaban J connectivity index is 2.01. The molecule has 1 heterocycles. The van der Waals surface area contributed by atoms with Crippen molar-refractivity contribution in [1.82, 2.24) is 10.1 Å². The molecule has 2 rings (SSSR count). The molecule has 1 aromatic carbocycles. The first-order chi connectivity index (χ1) is 9.97. The van der Waals surface area contributed by atoms with Crippen LogP contribution in [-0.2, 0) is 5.75 Å². The smallest absolute Gasteiger partial charge is 0.231 e. The Bertz CT molecular complexity index is 561. The van der Waals surface area contributed by atoms with Crippen molar-refractivity contribution in [3.05, 3.63) is 41.8 Å². The summed E-state index contributed by atoms with van der Waals surface area (Å²) in [5.74, 6) is 1.96. The van der Waals surface area contributed by atoms with E-state index in [1.54, 1.807) is 23.9 Å². The second-order valence-corrected chi connectivity index (χ2v) is 6.47. The van der Waals surface area contributed by atoms with Gasteiger partial charge in [0.15, 0.2) is 5.82 Å². The lowest BCUT2D eigenvalue weighted by molar-refractivity contribution is 0.299. The largest absolute Gasteiger partial charge is 0.339 e. The predicted octanol–water partition coefficient (Wildman–Crippen LogP) is 3.59. The molecule has 2 atom stereocenters. The summed E-state index contributed by atoms with van der Waals surface area (Å²) in [5, 5.41) is 4.00. The highest BCUT2D eigenvalue weighted by atomic mass is 32.2. The fraction of sp³-hybridized carbons (Fsp3) is 0.467. The zero-order valence-corrected chi connectivity index (χ0v) is 13.2. The van der Waals surface area contributed by atoms with E-state index in [9.17, 15) is 4.39 Å². The van der Waals surface area contributed by atoms with E-state index in [0.717, 1.165) is 4.90 Å². The third kappa shape index (κ3) is 4.28. The zero-order valence-electron chi connectivity index (χ0n) is 12.4. The lowest BCUT2D eigenvalue weighted by Gasteiger charge is -2.20. The van der Waals surface area contributed by atoms with Gasteiger partial charge in [0.05, 0.1) is 11.7 Å². The van der Waals surface area contributed by atoms with E-state index in [0.29, 0.717) is 23.4 Å². The van der Waals surface area contributed by atoms with Crippen LogP contribution in [0.5, 0.6) is 0 Å². The summed E-state index contributed by atoms with van der Waals surface area (Å²) in [6.45, 7) is 6.12. The van der Waals surface area contributed by atoms with Crippen LogP contribution in [0, 0.1) is 11.7 Å². The Morgan fingerprint density at radius 1 is 1.24 bits per heavy atom. The topological polar surface area (TPSA) is 64.9 Å². The van der Waals surface area contributed by atoms with Gasteiger partial charge in [0.1, 0.15) is 5.82 Å². The molecule has 0 amide bonds. The number of aromatic nitrogens is 2. The van der Waals surface area contributed by atoms with Gasteiger partial charge >= 0.3 is 0 Å². The maximum atomic E-state index is 12.8. The first kappa shape index (κ1) is 16.0. The van der Waals surface area contributed by atoms with Gasteiger partial charge < -0.3 is 10.3 Å². The van der Waals surface area contributed by atoms with Crippen LogP contribution < -0.4 is 5.73 Å². The quantitative estimate of drug-likeness (QED) is 0.826. The predicted molar refractivity (Wildman–Crippen MR) is 81.5 cm³/mol. The standard InChI is InChI=1S/C15H20FN3OS/c1-9(2)14(10(3)17)15-18-13(19-20-15)8-21-12-6-4-11(16)5-7-12/h4-7,9-10,14H,8,17H2,1-3H3. The van der Waals surface area contributed by atoms with Gasteiger partial charge in [0.2, 0.25) is 5.89 Å². The van der Waals surface area contributed by atoms with Gasteiger partial charge in [-0.15, -0.1) is 11.8 Å². The molecule has 21 heavy (non-hydrogen) atoms. The second kappa shape index (κ2) is 7.04. The molecule has 0 bridgehead atoms. The number of hydrogen-bond donors (Lipinski definition) is 1. The second-order valence-electron chi connectivity index (χ2n) is 5.42. The Kier molecular flexibility index (Phi) is 5.36. The molecule has 0 aliphatic carbocycles. The molecule has 0 aliphatic rings. The van der Waals surface area contributed by atoms with Gasteiger partial charge in [-0.05, 0) is 37.1 Å². The summed E-state index contributed by atoms with van der Waals surface area (Å²) in [6.07, 6.45) is 0. The van der Waals surface area contributed by atoms with Crippen molar-refractivity contribution in [2.24, 2.45) is 11.7 Å². The summed E-state index contributed by atoms with van der Waals surface area (Å²) < 4.78 is 18.2. The number of halogens is 1. The summed E-state index contributed by atoms with van der Waals surface area (Å²) >= 11 is 1.54. The zero-order chi connectivity index (χ0) is 15.4. The first-order valence-corrected chi connectivity index (χ1v) is 7.92. The third-order valence-electron chi connectivity index (χ3n) is 3.24. The van der Waals surface area contributed by atoms with Crippen LogP contribution in [0.2, 0.25) is 0 Å². The number of nitrogens with two attached hydrogens (primary N) is 1. The van der Waals surface area contributed by atoms with Crippen molar-refractivity contribution in [3.63, 3.8) is 0 Å². The van der Waals surface area contributed by atoms with Gasteiger partial charge in [0.25, 0.3) is 0 Å². The number of rotatable bonds is 6. The highest BCUT2D eigenvalue weighted by molar-refractivity contribution is 7.98. The summed E-state index contributed by atoms with van der Waals surface area (Å²) in [5.41, 5.74) is 5.99. The van der Waals surface area contributed by atoms with Crippen LogP contribution in [0.3, 0.4) is 0 Å². The molecular formula is C15H20FN3OS. The molecule has 0 fully saturated rings. The van der Waals surface area contributed by atoms with Crippen LogP contribution in [0.1, 0.15) is 38.4 Å². The minimum atomic E-state index is -0.238. The van der Waals surface area contributed by atoms with E-state index in [4.69, 9.17) is 10.3 Å². The van der Waals surface area contributed by atoms with Crippen LogP contribution in [0.15, 0.2) is 33.7 Å². The highest BCUT2D eigenvalue weighted by Crippen LogP contribution is 2.27. The van der Waals surface area contributed by atoms with Crippen molar-refractivity contribution in [3.8, 4) is 0 Å². The van der Waals surface area contributed by atoms with Gasteiger partial charge in [-0.1, -0.05) is 19.0 Å². The molecule has 0 aliphatic heterocycles. The number of hydrogen-bond acceptors (Lipinski definition) is 5. The molecule has 0 radical (unpaired) electrons. The van der Waals surface area contributed by atoms with Crippen molar-refractivity contribution < 1.29 is 8.91 Å². The Morgan fingerprint density at radius 2 is 1.90 bits per heavy atom. The maximum Gasteiger partial charge on any atom is 0.231 e. The fourth-order valence-electron chi connectivity index (χ4n) is 2.26. The van der Waals surface area contributed by atoms with Crippen LogP contribution in [-0.4, -0.2) is 16.2 Å². The SMILES string of the molecule is CC(C)C(c1nc(CSc2ccc(F)cc2)no1)C(C)N. The lowest BCUT2D eigenvalue weighted by Crippen LogP contribution is -2.28. The van der Waals surface area contributed by atoms with Crippen LogP contribution in [0.4, 0.5) is 4.39 Å². The summed E-state index contributed by atoms with van der Waals surface area (Å²) in [7, 11) is 0. The third-order valence-corrected chi connectivity index (χ3v) is 4.24. The Hall–Kier alpha value is -1.40. The number of nitrogens with zero attached hydrogens (tertiary/aromatic N) is 2. The number of benzene rings is 1. The van der Waals surface area contributed by atoms with Gasteiger partial charge in [-0.25, -0.2) is 4.39 Å². The van der Waals surface area contributed by atoms with Crippen molar-refractivity contribution >= 4 is 11.8 Å². The molecule has 114 valence electrons. The van der Waals surface area contributed by atoms with Crippen molar-refractivity contribution in [2.75, 3.05) is 0 Å². The monoisotopic (exact) mass is 309 g/mol. The van der Waals surface area contributed by atoms with E-state index in [2.05, 4.69) is 24.0 Å². The van der Waals surface area contributed by atoms with Crippen molar-refractivity contribution in [2.45, 2.75) is 43.4 Å². The molecule has 1 aromatic heterocycles. The molecule has 4 nitrogen and oxygen atoms in total. The van der Waals surface area contributed by atoms with E-state index < -0.39 is 0 Å². The molecule has 0 saturated carbocycles. The van der Waals surface area contributed by atoms with E-state index in [1.807, 2.05) is 6.92 Å². The summed E-state index contributed by atoms with van der Waals surface area (Å²) in [4.78, 5) is 5.40. The molecule has 6 heteroatoms. The lowest BCUT2D eigenvalue weighted by atomic mass is 9.90. The Morgan fingerprint density at radius 3 is 2.48 bits per heavy atom.